The minimum Gasteiger partial charge on any atom is -0.496 e. The number of hydrogen-bond donors (Lipinski definition) is 2. The molecule has 1 aliphatic rings. The van der Waals surface area contributed by atoms with E-state index in [9.17, 15) is 4.79 Å². The fourth-order valence-corrected chi connectivity index (χ4v) is 2.88. The first-order chi connectivity index (χ1) is 12.6. The summed E-state index contributed by atoms with van der Waals surface area (Å²) in [6, 6.07) is 10.2. The number of rotatable bonds is 6. The first kappa shape index (κ1) is 18.4. The standard InChI is InChI=1S/C19H21ClN2O4/c1-24-18-10-17(21)16(20)9-15(18)19(23)22-12-4-6-13(7-5-12)26-11-14-3-2-8-25-14/h4-7,9-10,14H,2-3,8,11,21H2,1H3,(H,22,23). The summed E-state index contributed by atoms with van der Waals surface area (Å²) >= 11 is 6.01. The molecule has 6 nitrogen and oxygen atoms in total. The highest BCUT2D eigenvalue weighted by Crippen LogP contribution is 2.29. The summed E-state index contributed by atoms with van der Waals surface area (Å²) in [5.74, 6) is 0.754. The first-order valence-corrected chi connectivity index (χ1v) is 8.73. The van der Waals surface area contributed by atoms with Gasteiger partial charge in [-0.05, 0) is 43.2 Å². The van der Waals surface area contributed by atoms with Crippen LogP contribution in [0.2, 0.25) is 5.02 Å². The number of hydrogen-bond acceptors (Lipinski definition) is 5. The normalized spacial score (nSPS) is 16.3. The fraction of sp³-hybridized carbons (Fsp3) is 0.316. The zero-order chi connectivity index (χ0) is 18.5. The molecule has 138 valence electrons. The van der Waals surface area contributed by atoms with Gasteiger partial charge in [0.05, 0.1) is 29.5 Å². The number of nitrogen functional groups attached to an aromatic ring is 1. The van der Waals surface area contributed by atoms with E-state index < -0.39 is 0 Å². The van der Waals surface area contributed by atoms with Gasteiger partial charge in [-0.3, -0.25) is 4.79 Å². The van der Waals surface area contributed by atoms with E-state index in [0.29, 0.717) is 34.3 Å². The Bertz CT molecular complexity index is 774. The molecule has 7 heteroatoms. The van der Waals surface area contributed by atoms with E-state index >= 15 is 0 Å². The topological polar surface area (TPSA) is 82.8 Å². The number of anilines is 2. The van der Waals surface area contributed by atoms with Gasteiger partial charge in [0, 0.05) is 18.4 Å². The lowest BCUT2D eigenvalue weighted by Gasteiger charge is -2.13. The van der Waals surface area contributed by atoms with Crippen molar-refractivity contribution in [3.8, 4) is 11.5 Å². The van der Waals surface area contributed by atoms with Crippen molar-refractivity contribution in [1.29, 1.82) is 0 Å². The van der Waals surface area contributed by atoms with Crippen molar-refractivity contribution < 1.29 is 19.0 Å². The molecule has 3 rings (SSSR count). The molecule has 0 aliphatic carbocycles. The van der Waals surface area contributed by atoms with Crippen LogP contribution in [0.25, 0.3) is 0 Å². The van der Waals surface area contributed by atoms with Gasteiger partial charge in [0.25, 0.3) is 5.91 Å². The number of halogens is 1. The molecule has 0 bridgehead atoms. The highest BCUT2D eigenvalue weighted by Gasteiger charge is 2.17. The summed E-state index contributed by atoms with van der Waals surface area (Å²) in [6.07, 6.45) is 2.27. The third-order valence-corrected chi connectivity index (χ3v) is 4.46. The molecule has 1 atom stereocenters. The average Bonchev–Trinajstić information content (AvgIpc) is 3.16. The molecular formula is C19H21ClN2O4. The van der Waals surface area contributed by atoms with Crippen LogP contribution in [0, 0.1) is 0 Å². The average molecular weight is 377 g/mol. The van der Waals surface area contributed by atoms with Crippen LogP contribution in [0.15, 0.2) is 36.4 Å². The minimum atomic E-state index is -0.336. The van der Waals surface area contributed by atoms with E-state index in [4.69, 9.17) is 31.5 Å². The second-order valence-electron chi connectivity index (χ2n) is 6.00. The predicted octanol–water partition coefficient (Wildman–Crippen LogP) is 3.74. The maximum Gasteiger partial charge on any atom is 0.259 e. The largest absolute Gasteiger partial charge is 0.496 e. The molecule has 1 aliphatic heterocycles. The number of amides is 1. The molecule has 1 amide bonds. The van der Waals surface area contributed by atoms with Crippen LogP contribution >= 0.6 is 11.6 Å². The smallest absolute Gasteiger partial charge is 0.259 e. The number of nitrogens with one attached hydrogen (secondary N) is 1. The van der Waals surface area contributed by atoms with Gasteiger partial charge in [-0.25, -0.2) is 0 Å². The van der Waals surface area contributed by atoms with Gasteiger partial charge >= 0.3 is 0 Å². The summed E-state index contributed by atoms with van der Waals surface area (Å²) < 4.78 is 16.4. The van der Waals surface area contributed by atoms with E-state index in [1.165, 1.54) is 19.2 Å². The summed E-state index contributed by atoms with van der Waals surface area (Å²) in [5.41, 5.74) is 7.04. The predicted molar refractivity (Wildman–Crippen MR) is 101 cm³/mol. The van der Waals surface area contributed by atoms with Crippen molar-refractivity contribution in [2.24, 2.45) is 0 Å². The van der Waals surface area contributed by atoms with Crippen LogP contribution in [0.5, 0.6) is 11.5 Å². The Morgan fingerprint density at radius 1 is 1.35 bits per heavy atom. The maximum absolute atomic E-state index is 12.5. The van der Waals surface area contributed by atoms with E-state index in [1.54, 1.807) is 24.3 Å². The molecule has 0 spiro atoms. The second-order valence-corrected chi connectivity index (χ2v) is 6.41. The Morgan fingerprint density at radius 2 is 2.12 bits per heavy atom. The van der Waals surface area contributed by atoms with E-state index in [1.807, 2.05) is 0 Å². The third-order valence-electron chi connectivity index (χ3n) is 4.14. The van der Waals surface area contributed by atoms with Gasteiger partial charge in [-0.15, -0.1) is 0 Å². The molecule has 1 heterocycles. The van der Waals surface area contributed by atoms with Crippen molar-refractivity contribution >= 4 is 28.9 Å². The molecule has 0 saturated carbocycles. The van der Waals surface area contributed by atoms with E-state index in [0.717, 1.165) is 25.2 Å². The molecule has 3 N–H and O–H groups in total. The summed E-state index contributed by atoms with van der Waals surface area (Å²) in [6.45, 7) is 1.34. The van der Waals surface area contributed by atoms with Crippen molar-refractivity contribution in [1.82, 2.24) is 0 Å². The first-order valence-electron chi connectivity index (χ1n) is 8.35. The Kier molecular flexibility index (Phi) is 5.85. The van der Waals surface area contributed by atoms with Crippen LogP contribution in [0.1, 0.15) is 23.2 Å². The third kappa shape index (κ3) is 4.39. The summed E-state index contributed by atoms with van der Waals surface area (Å²) in [5, 5.41) is 3.11. The summed E-state index contributed by atoms with van der Waals surface area (Å²) in [7, 11) is 1.47. The van der Waals surface area contributed by atoms with Gasteiger partial charge in [0.15, 0.2) is 0 Å². The van der Waals surface area contributed by atoms with Crippen molar-refractivity contribution in [2.75, 3.05) is 31.4 Å². The molecule has 26 heavy (non-hydrogen) atoms. The Balaban J connectivity index is 1.63. The van der Waals surface area contributed by atoms with Crippen LogP contribution in [-0.4, -0.2) is 32.3 Å². The second kappa shape index (κ2) is 8.29. The lowest BCUT2D eigenvalue weighted by molar-refractivity contribution is 0.0679. The fourth-order valence-electron chi connectivity index (χ4n) is 2.71. The monoisotopic (exact) mass is 376 g/mol. The van der Waals surface area contributed by atoms with E-state index in [2.05, 4.69) is 5.32 Å². The Morgan fingerprint density at radius 3 is 2.77 bits per heavy atom. The molecule has 1 unspecified atom stereocenters. The van der Waals surface area contributed by atoms with Crippen LogP contribution in [0.3, 0.4) is 0 Å². The number of benzene rings is 2. The minimum absolute atomic E-state index is 0.164. The maximum atomic E-state index is 12.5. The molecule has 2 aromatic rings. The molecule has 0 aromatic heterocycles. The number of carbonyl (C=O) groups is 1. The van der Waals surface area contributed by atoms with Crippen molar-refractivity contribution in [3.63, 3.8) is 0 Å². The van der Waals surface area contributed by atoms with Gasteiger partial charge in [-0.2, -0.15) is 0 Å². The molecule has 0 radical (unpaired) electrons. The molecule has 1 fully saturated rings. The van der Waals surface area contributed by atoms with Crippen LogP contribution < -0.4 is 20.5 Å². The van der Waals surface area contributed by atoms with Gasteiger partial charge < -0.3 is 25.3 Å². The van der Waals surface area contributed by atoms with E-state index in [-0.39, 0.29) is 12.0 Å². The van der Waals surface area contributed by atoms with Crippen molar-refractivity contribution in [2.45, 2.75) is 18.9 Å². The lowest BCUT2D eigenvalue weighted by atomic mass is 10.1. The number of nitrogens with two attached hydrogens (primary N) is 1. The highest BCUT2D eigenvalue weighted by atomic mass is 35.5. The highest BCUT2D eigenvalue weighted by molar-refractivity contribution is 6.33. The lowest BCUT2D eigenvalue weighted by Crippen LogP contribution is -2.16. The number of carbonyl (C=O) groups excluding carboxylic acids is 1. The number of ether oxygens (including phenoxy) is 3. The summed E-state index contributed by atoms with van der Waals surface area (Å²) in [4.78, 5) is 12.5. The zero-order valence-corrected chi connectivity index (χ0v) is 15.2. The molecule has 2 aromatic carbocycles. The Labute approximate surface area is 157 Å². The molecule has 1 saturated heterocycles. The SMILES string of the molecule is COc1cc(N)c(Cl)cc1C(=O)Nc1ccc(OCC2CCCO2)cc1. The van der Waals surface area contributed by atoms with Crippen molar-refractivity contribution in [3.05, 3.63) is 47.0 Å². The number of methoxy groups -OCH3 is 1. The van der Waals surface area contributed by atoms with Gasteiger partial charge in [-0.1, -0.05) is 11.6 Å². The van der Waals surface area contributed by atoms with Crippen LogP contribution in [-0.2, 0) is 4.74 Å². The van der Waals surface area contributed by atoms with Crippen LogP contribution in [0.4, 0.5) is 11.4 Å². The van der Waals surface area contributed by atoms with Gasteiger partial charge in [0.1, 0.15) is 18.1 Å². The Hall–Kier alpha value is -2.44. The van der Waals surface area contributed by atoms with Gasteiger partial charge in [0.2, 0.25) is 0 Å². The molecular weight excluding hydrogens is 356 g/mol. The zero-order valence-electron chi connectivity index (χ0n) is 14.5. The quantitative estimate of drug-likeness (QED) is 0.750.